The number of nitrogens with zero attached hydrogens (tertiary/aromatic N) is 2. The topological polar surface area (TPSA) is 52.7 Å². The van der Waals surface area contributed by atoms with E-state index in [9.17, 15) is 9.59 Å². The summed E-state index contributed by atoms with van der Waals surface area (Å²) in [5, 5.41) is 2.79. The highest BCUT2D eigenvalue weighted by Gasteiger charge is 2.39. The summed E-state index contributed by atoms with van der Waals surface area (Å²) >= 11 is 0. The Bertz CT molecular complexity index is 641. The summed E-state index contributed by atoms with van der Waals surface area (Å²) in [5.41, 5.74) is 2.57. The zero-order valence-corrected chi connectivity index (χ0v) is 14.4. The van der Waals surface area contributed by atoms with Crippen molar-refractivity contribution >= 4 is 17.5 Å². The Hall–Kier alpha value is -2.30. The molecule has 3 amide bonds. The molecule has 1 N–H and O–H groups in total. The highest BCUT2D eigenvalue weighted by atomic mass is 16.2. The second kappa shape index (κ2) is 7.07. The van der Waals surface area contributed by atoms with Crippen LogP contribution in [0.4, 0.5) is 4.79 Å². The molecule has 0 aliphatic carbocycles. The van der Waals surface area contributed by atoms with E-state index in [1.807, 2.05) is 30.0 Å². The van der Waals surface area contributed by atoms with Gasteiger partial charge in [-0.2, -0.15) is 0 Å². The van der Waals surface area contributed by atoms with Crippen molar-refractivity contribution < 1.29 is 9.59 Å². The first kappa shape index (κ1) is 16.6. The summed E-state index contributed by atoms with van der Waals surface area (Å²) in [6.07, 6.45) is 5.13. The molecule has 5 nitrogen and oxygen atoms in total. The van der Waals surface area contributed by atoms with Gasteiger partial charge in [0.1, 0.15) is 0 Å². The summed E-state index contributed by atoms with van der Waals surface area (Å²) in [6.45, 7) is 2.63. The molecule has 2 heterocycles. The van der Waals surface area contributed by atoms with Crippen molar-refractivity contribution in [3.63, 3.8) is 0 Å². The van der Waals surface area contributed by atoms with Gasteiger partial charge in [0.2, 0.25) is 5.91 Å². The Kier molecular flexibility index (Phi) is 4.88. The number of fused-ring (bicyclic) bond motifs is 2. The minimum absolute atomic E-state index is 0.0595. The minimum Gasteiger partial charge on any atom is -0.345 e. The zero-order chi connectivity index (χ0) is 17.1. The summed E-state index contributed by atoms with van der Waals surface area (Å²) in [4.78, 5) is 27.9. The van der Waals surface area contributed by atoms with Gasteiger partial charge in [-0.3, -0.25) is 4.79 Å². The molecular weight excluding hydrogens is 302 g/mol. The molecule has 0 spiro atoms. The maximum absolute atomic E-state index is 12.5. The normalized spacial score (nSPS) is 22.1. The lowest BCUT2D eigenvalue weighted by atomic mass is 9.95. The molecule has 2 aliphatic heterocycles. The number of urea groups is 1. The lowest BCUT2D eigenvalue weighted by molar-refractivity contribution is -0.128. The average molecular weight is 327 g/mol. The van der Waals surface area contributed by atoms with Crippen LogP contribution in [0.25, 0.3) is 5.57 Å². The fourth-order valence-electron chi connectivity index (χ4n) is 3.57. The second-order valence-corrected chi connectivity index (χ2v) is 6.53. The van der Waals surface area contributed by atoms with Crippen molar-refractivity contribution in [3.8, 4) is 0 Å². The van der Waals surface area contributed by atoms with E-state index in [0.29, 0.717) is 6.54 Å². The first-order chi connectivity index (χ1) is 11.6. The molecule has 1 aromatic rings. The number of hydrogen-bond donors (Lipinski definition) is 1. The van der Waals surface area contributed by atoms with Crippen molar-refractivity contribution in [3.05, 3.63) is 42.0 Å². The largest absolute Gasteiger partial charge is 0.345 e. The van der Waals surface area contributed by atoms with Crippen LogP contribution in [0.2, 0.25) is 0 Å². The fraction of sp³-hybridized carbons (Fsp3) is 0.474. The maximum Gasteiger partial charge on any atom is 0.318 e. The van der Waals surface area contributed by atoms with Gasteiger partial charge >= 0.3 is 6.03 Å². The van der Waals surface area contributed by atoms with Gasteiger partial charge in [0, 0.05) is 19.6 Å². The van der Waals surface area contributed by atoms with Gasteiger partial charge in [0.05, 0.1) is 12.6 Å². The number of likely N-dealkylation sites (N-methyl/N-ethyl adjacent to an activating group) is 1. The van der Waals surface area contributed by atoms with Crippen LogP contribution in [0.5, 0.6) is 0 Å². The minimum atomic E-state index is -0.122. The molecule has 2 bridgehead atoms. The van der Waals surface area contributed by atoms with E-state index in [0.717, 1.165) is 19.3 Å². The summed E-state index contributed by atoms with van der Waals surface area (Å²) in [7, 11) is 1.74. The Balaban J connectivity index is 1.65. The van der Waals surface area contributed by atoms with Crippen LogP contribution in [-0.2, 0) is 4.79 Å². The summed E-state index contributed by atoms with van der Waals surface area (Å²) in [5.74, 6) is -0.0595. The van der Waals surface area contributed by atoms with Crippen LogP contribution in [0.15, 0.2) is 36.4 Å². The second-order valence-electron chi connectivity index (χ2n) is 6.53. The predicted molar refractivity (Wildman–Crippen MR) is 94.4 cm³/mol. The summed E-state index contributed by atoms with van der Waals surface area (Å²) < 4.78 is 0. The van der Waals surface area contributed by atoms with E-state index in [4.69, 9.17) is 0 Å². The van der Waals surface area contributed by atoms with Crippen molar-refractivity contribution in [2.45, 2.75) is 38.3 Å². The van der Waals surface area contributed by atoms with Crippen molar-refractivity contribution in [2.75, 3.05) is 20.1 Å². The standard InChI is InChI=1S/C19H25N3O2/c1-3-21(2)18(23)13-20-19(24)22-16-9-10-17(22)12-15(11-16)14-7-5-4-6-8-14/h4-8,11,16-17H,3,9-10,12-13H2,1-2H3,(H,20,24). The Labute approximate surface area is 143 Å². The third-order valence-electron chi connectivity index (χ3n) is 5.07. The number of hydrogen-bond acceptors (Lipinski definition) is 2. The van der Waals surface area contributed by atoms with E-state index in [1.54, 1.807) is 11.9 Å². The molecule has 0 aromatic heterocycles. The van der Waals surface area contributed by atoms with Gasteiger partial charge in [0.25, 0.3) is 0 Å². The molecule has 2 aliphatic rings. The van der Waals surface area contributed by atoms with E-state index in [2.05, 4.69) is 23.5 Å². The number of nitrogens with one attached hydrogen (secondary N) is 1. The Morgan fingerprint density at radius 3 is 2.67 bits per heavy atom. The van der Waals surface area contributed by atoms with Crippen molar-refractivity contribution in [2.24, 2.45) is 0 Å². The Morgan fingerprint density at radius 2 is 2.00 bits per heavy atom. The van der Waals surface area contributed by atoms with E-state index < -0.39 is 0 Å². The number of carbonyl (C=O) groups is 2. The average Bonchev–Trinajstić information content (AvgIpc) is 2.89. The number of rotatable bonds is 4. The molecule has 24 heavy (non-hydrogen) atoms. The van der Waals surface area contributed by atoms with E-state index >= 15 is 0 Å². The van der Waals surface area contributed by atoms with Gasteiger partial charge in [-0.25, -0.2) is 4.79 Å². The smallest absolute Gasteiger partial charge is 0.318 e. The third-order valence-corrected chi connectivity index (χ3v) is 5.07. The molecule has 3 rings (SSSR count). The Morgan fingerprint density at radius 1 is 1.25 bits per heavy atom. The highest BCUT2D eigenvalue weighted by molar-refractivity contribution is 5.85. The molecule has 1 saturated heterocycles. The number of benzene rings is 1. The van der Waals surface area contributed by atoms with Gasteiger partial charge < -0.3 is 15.1 Å². The number of amides is 3. The SMILES string of the molecule is CCN(C)C(=O)CNC(=O)N1C2C=C(c3ccccc3)CC1CC2. The van der Waals surface area contributed by atoms with Crippen LogP contribution in [0.1, 0.15) is 31.7 Å². The first-order valence-corrected chi connectivity index (χ1v) is 8.66. The van der Waals surface area contributed by atoms with Gasteiger partial charge in [-0.1, -0.05) is 36.4 Å². The molecule has 1 aromatic carbocycles. The molecule has 1 fully saturated rings. The monoisotopic (exact) mass is 327 g/mol. The lowest BCUT2D eigenvalue weighted by Crippen LogP contribution is -2.50. The van der Waals surface area contributed by atoms with Crippen LogP contribution in [-0.4, -0.2) is 54.0 Å². The van der Waals surface area contributed by atoms with Crippen LogP contribution >= 0.6 is 0 Å². The molecular formula is C19H25N3O2. The van der Waals surface area contributed by atoms with Gasteiger partial charge in [-0.15, -0.1) is 0 Å². The maximum atomic E-state index is 12.5. The van der Waals surface area contributed by atoms with Gasteiger partial charge in [-0.05, 0) is 37.3 Å². The molecule has 0 saturated carbocycles. The quantitative estimate of drug-likeness (QED) is 0.924. The summed E-state index contributed by atoms with van der Waals surface area (Å²) in [6, 6.07) is 10.6. The van der Waals surface area contributed by atoms with Crippen LogP contribution < -0.4 is 5.32 Å². The lowest BCUT2D eigenvalue weighted by Gasteiger charge is -2.34. The van der Waals surface area contributed by atoms with E-state index in [-0.39, 0.29) is 30.6 Å². The van der Waals surface area contributed by atoms with Crippen LogP contribution in [0.3, 0.4) is 0 Å². The van der Waals surface area contributed by atoms with Crippen molar-refractivity contribution in [1.82, 2.24) is 15.1 Å². The first-order valence-electron chi connectivity index (χ1n) is 8.66. The third kappa shape index (κ3) is 3.30. The highest BCUT2D eigenvalue weighted by Crippen LogP contribution is 2.38. The zero-order valence-electron chi connectivity index (χ0n) is 14.4. The van der Waals surface area contributed by atoms with Gasteiger partial charge in [0.15, 0.2) is 0 Å². The fourth-order valence-corrected chi connectivity index (χ4v) is 3.57. The molecule has 0 radical (unpaired) electrons. The van der Waals surface area contributed by atoms with Crippen molar-refractivity contribution in [1.29, 1.82) is 0 Å². The molecule has 5 heteroatoms. The van der Waals surface area contributed by atoms with Crippen LogP contribution in [0, 0.1) is 0 Å². The van der Waals surface area contributed by atoms with E-state index in [1.165, 1.54) is 11.1 Å². The molecule has 2 atom stereocenters. The predicted octanol–water partition coefficient (Wildman–Crippen LogP) is 2.49. The molecule has 128 valence electrons. The number of carbonyl (C=O) groups excluding carboxylic acids is 2. The molecule has 2 unspecified atom stereocenters.